The highest BCUT2D eigenvalue weighted by Crippen LogP contribution is 2.33. The SMILES string of the molecule is C[Si](C)(C)CCOCn1nccc1-c1cc(Cl)ccc1OC(F)F. The molecule has 1 aromatic heterocycles. The minimum absolute atomic E-state index is 0.0539. The van der Waals surface area contributed by atoms with Crippen molar-refractivity contribution in [2.24, 2.45) is 0 Å². The van der Waals surface area contributed by atoms with Gasteiger partial charge in [0.25, 0.3) is 0 Å². The van der Waals surface area contributed by atoms with Crippen molar-refractivity contribution in [1.82, 2.24) is 9.78 Å². The van der Waals surface area contributed by atoms with Gasteiger partial charge in [-0.1, -0.05) is 31.2 Å². The molecule has 0 unspecified atom stereocenters. The topological polar surface area (TPSA) is 36.3 Å². The van der Waals surface area contributed by atoms with Crippen LogP contribution in [0.2, 0.25) is 30.7 Å². The smallest absolute Gasteiger partial charge is 0.387 e. The molecule has 2 rings (SSSR count). The van der Waals surface area contributed by atoms with Crippen LogP contribution in [0, 0.1) is 0 Å². The van der Waals surface area contributed by atoms with Gasteiger partial charge < -0.3 is 9.47 Å². The Morgan fingerprint density at radius 2 is 2.00 bits per heavy atom. The highest BCUT2D eigenvalue weighted by atomic mass is 35.5. The lowest BCUT2D eigenvalue weighted by Crippen LogP contribution is -2.22. The molecule has 0 bridgehead atoms. The first-order valence-electron chi connectivity index (χ1n) is 7.60. The van der Waals surface area contributed by atoms with Crippen molar-refractivity contribution < 1.29 is 18.3 Å². The molecule has 0 atom stereocenters. The molecule has 2 aromatic rings. The number of alkyl halides is 2. The summed E-state index contributed by atoms with van der Waals surface area (Å²) in [6.45, 7) is 4.80. The third kappa shape index (κ3) is 5.57. The normalized spacial score (nSPS) is 12.0. The van der Waals surface area contributed by atoms with E-state index in [-0.39, 0.29) is 12.5 Å². The average Bonchev–Trinajstić information content (AvgIpc) is 2.92. The molecule has 0 aliphatic carbocycles. The average molecular weight is 375 g/mol. The quantitative estimate of drug-likeness (QED) is 0.475. The zero-order valence-corrected chi connectivity index (χ0v) is 15.7. The molecule has 132 valence electrons. The Labute approximate surface area is 146 Å². The van der Waals surface area contributed by atoms with E-state index >= 15 is 0 Å². The lowest BCUT2D eigenvalue weighted by Gasteiger charge is -2.16. The van der Waals surface area contributed by atoms with Gasteiger partial charge in [-0.25, -0.2) is 4.68 Å². The maximum absolute atomic E-state index is 12.6. The molecule has 0 amide bonds. The lowest BCUT2D eigenvalue weighted by molar-refractivity contribution is -0.0494. The van der Waals surface area contributed by atoms with Gasteiger partial charge in [-0.05, 0) is 30.3 Å². The van der Waals surface area contributed by atoms with E-state index in [2.05, 4.69) is 29.5 Å². The molecule has 8 heteroatoms. The third-order valence-corrected chi connectivity index (χ3v) is 5.30. The minimum atomic E-state index is -2.91. The van der Waals surface area contributed by atoms with E-state index in [1.54, 1.807) is 23.0 Å². The van der Waals surface area contributed by atoms with E-state index in [0.717, 1.165) is 6.04 Å². The first kappa shape index (κ1) is 18.9. The van der Waals surface area contributed by atoms with Crippen LogP contribution in [0.25, 0.3) is 11.3 Å². The maximum Gasteiger partial charge on any atom is 0.387 e. The van der Waals surface area contributed by atoms with Crippen LogP contribution >= 0.6 is 11.6 Å². The summed E-state index contributed by atoms with van der Waals surface area (Å²) in [5, 5.41) is 4.62. The second-order valence-electron chi connectivity index (χ2n) is 6.58. The monoisotopic (exact) mass is 374 g/mol. The zero-order valence-electron chi connectivity index (χ0n) is 13.9. The Hall–Kier alpha value is -1.44. The number of hydrogen-bond acceptors (Lipinski definition) is 3. The summed E-state index contributed by atoms with van der Waals surface area (Å²) < 4.78 is 37.1. The Balaban J connectivity index is 2.16. The van der Waals surface area contributed by atoms with Gasteiger partial charge in [0.15, 0.2) is 0 Å². The summed E-state index contributed by atoms with van der Waals surface area (Å²) in [5.74, 6) is 0.0539. The summed E-state index contributed by atoms with van der Waals surface area (Å²) in [4.78, 5) is 0. The van der Waals surface area contributed by atoms with E-state index in [0.29, 0.717) is 22.9 Å². The Morgan fingerprint density at radius 3 is 2.67 bits per heavy atom. The predicted octanol–water partition coefficient (Wildman–Crippen LogP) is 5.12. The molecular weight excluding hydrogens is 354 g/mol. The zero-order chi connectivity index (χ0) is 17.7. The van der Waals surface area contributed by atoms with Crippen molar-refractivity contribution in [2.75, 3.05) is 6.61 Å². The van der Waals surface area contributed by atoms with Crippen LogP contribution in [-0.2, 0) is 11.5 Å². The molecule has 4 nitrogen and oxygen atoms in total. The fourth-order valence-corrected chi connectivity index (χ4v) is 3.02. The van der Waals surface area contributed by atoms with Gasteiger partial charge in [0.2, 0.25) is 0 Å². The first-order valence-corrected chi connectivity index (χ1v) is 11.7. The number of rotatable bonds is 8. The predicted molar refractivity (Wildman–Crippen MR) is 93.4 cm³/mol. The summed E-state index contributed by atoms with van der Waals surface area (Å²) in [6.07, 6.45) is 1.59. The highest BCUT2D eigenvalue weighted by molar-refractivity contribution is 6.76. The molecule has 0 N–H and O–H groups in total. The summed E-state index contributed by atoms with van der Waals surface area (Å²) in [6, 6.07) is 7.27. The van der Waals surface area contributed by atoms with Crippen molar-refractivity contribution >= 4 is 19.7 Å². The molecule has 0 saturated carbocycles. The fourth-order valence-electron chi connectivity index (χ4n) is 2.09. The Bertz CT molecular complexity index is 674. The molecule has 0 radical (unpaired) electrons. The fraction of sp³-hybridized carbons (Fsp3) is 0.438. The molecule has 0 aliphatic heterocycles. The number of halogens is 3. The maximum atomic E-state index is 12.6. The van der Waals surface area contributed by atoms with Crippen LogP contribution in [0.4, 0.5) is 8.78 Å². The van der Waals surface area contributed by atoms with Crippen molar-refractivity contribution in [2.45, 2.75) is 39.0 Å². The van der Waals surface area contributed by atoms with E-state index in [1.807, 2.05) is 0 Å². The van der Waals surface area contributed by atoms with Gasteiger partial charge in [0.1, 0.15) is 12.5 Å². The van der Waals surface area contributed by atoms with Gasteiger partial charge in [0, 0.05) is 31.5 Å². The summed E-state index contributed by atoms with van der Waals surface area (Å²) >= 11 is 6.00. The standard InChI is InChI=1S/C16H21ClF2N2O2Si/c1-24(2,3)9-8-22-11-21-14(6-7-20-21)13-10-12(17)4-5-15(13)23-16(18)19/h4-7,10,16H,8-9,11H2,1-3H3. The number of nitrogens with zero attached hydrogens (tertiary/aromatic N) is 2. The van der Waals surface area contributed by atoms with Crippen LogP contribution in [-0.4, -0.2) is 31.1 Å². The first-order chi connectivity index (χ1) is 11.3. The van der Waals surface area contributed by atoms with Crippen LogP contribution in [0.15, 0.2) is 30.5 Å². The Morgan fingerprint density at radius 1 is 1.25 bits per heavy atom. The second-order valence-corrected chi connectivity index (χ2v) is 12.6. The van der Waals surface area contributed by atoms with Crippen LogP contribution in [0.5, 0.6) is 5.75 Å². The largest absolute Gasteiger partial charge is 0.434 e. The van der Waals surface area contributed by atoms with E-state index in [9.17, 15) is 8.78 Å². The lowest BCUT2D eigenvalue weighted by atomic mass is 10.1. The number of aromatic nitrogens is 2. The van der Waals surface area contributed by atoms with E-state index < -0.39 is 14.7 Å². The van der Waals surface area contributed by atoms with Gasteiger partial charge in [-0.15, -0.1) is 0 Å². The van der Waals surface area contributed by atoms with Crippen LogP contribution < -0.4 is 4.74 Å². The third-order valence-electron chi connectivity index (χ3n) is 3.36. The summed E-state index contributed by atoms with van der Waals surface area (Å²) in [5.41, 5.74) is 1.07. The second kappa shape index (κ2) is 8.09. The Kier molecular flexibility index (Phi) is 6.37. The molecule has 0 aliphatic rings. The van der Waals surface area contributed by atoms with Crippen LogP contribution in [0.3, 0.4) is 0 Å². The van der Waals surface area contributed by atoms with Gasteiger partial charge in [0.05, 0.1) is 5.69 Å². The molecule has 1 aromatic carbocycles. The number of hydrogen-bond donors (Lipinski definition) is 0. The van der Waals surface area contributed by atoms with Crippen molar-refractivity contribution in [3.63, 3.8) is 0 Å². The van der Waals surface area contributed by atoms with Gasteiger partial charge in [-0.3, -0.25) is 0 Å². The molecule has 0 saturated heterocycles. The number of ether oxygens (including phenoxy) is 2. The van der Waals surface area contributed by atoms with Gasteiger partial charge >= 0.3 is 6.61 Å². The highest BCUT2D eigenvalue weighted by Gasteiger charge is 2.16. The number of benzene rings is 1. The van der Waals surface area contributed by atoms with E-state index in [1.165, 1.54) is 12.1 Å². The van der Waals surface area contributed by atoms with Crippen molar-refractivity contribution in [1.29, 1.82) is 0 Å². The summed E-state index contributed by atoms with van der Waals surface area (Å²) in [7, 11) is -1.17. The van der Waals surface area contributed by atoms with Crippen molar-refractivity contribution in [3.05, 3.63) is 35.5 Å². The van der Waals surface area contributed by atoms with Gasteiger partial charge in [-0.2, -0.15) is 13.9 Å². The molecule has 0 fully saturated rings. The van der Waals surface area contributed by atoms with Crippen molar-refractivity contribution in [3.8, 4) is 17.0 Å². The molecule has 0 spiro atoms. The molecular formula is C16H21ClF2N2O2Si. The van der Waals surface area contributed by atoms with E-state index in [4.69, 9.17) is 16.3 Å². The van der Waals surface area contributed by atoms with Crippen LogP contribution in [0.1, 0.15) is 0 Å². The minimum Gasteiger partial charge on any atom is -0.434 e. The molecule has 24 heavy (non-hydrogen) atoms. The molecule has 1 heterocycles.